The average molecular weight is 1160 g/mol. The molecule has 0 aliphatic heterocycles. The molecule has 11 aromatic rings. The molecule has 22 nitrogen and oxygen atoms in total. The normalized spacial score (nSPS) is 10.9. The Kier molecular flexibility index (Phi) is 17.7. The van der Waals surface area contributed by atoms with Gasteiger partial charge in [-0.3, -0.25) is 15.6 Å². The molecule has 4 aromatic heterocycles. The van der Waals surface area contributed by atoms with Crippen LogP contribution in [0, 0.1) is 24.7 Å². The molecule has 0 fully saturated rings. The summed E-state index contributed by atoms with van der Waals surface area (Å²) in [6.45, 7) is 9.63. The molecule has 0 aliphatic carbocycles. The molecule has 11 rings (SSSR count). The van der Waals surface area contributed by atoms with Gasteiger partial charge in [0.05, 0.1) is 18.7 Å². The van der Waals surface area contributed by atoms with Crippen molar-refractivity contribution < 1.29 is 33.3 Å². The van der Waals surface area contributed by atoms with E-state index in [1.807, 2.05) is 128 Å². The number of benzene rings is 7. The number of nitrogens with two attached hydrogens (primary N) is 4. The first-order chi connectivity index (χ1) is 42.1. The van der Waals surface area contributed by atoms with Gasteiger partial charge < -0.3 is 60.7 Å². The molecular formula is C65H61N15O7. The Hall–Kier alpha value is -11.7. The van der Waals surface area contributed by atoms with Crippen molar-refractivity contribution in [3.05, 3.63) is 227 Å². The van der Waals surface area contributed by atoms with E-state index in [1.54, 1.807) is 71.6 Å². The van der Waals surface area contributed by atoms with Crippen LogP contribution in [0.4, 0.5) is 11.4 Å². The molecule has 0 bridgehead atoms. The maximum absolute atomic E-state index is 13.4. The summed E-state index contributed by atoms with van der Waals surface area (Å²) in [4.78, 5) is 56.3. The Morgan fingerprint density at radius 1 is 0.494 bits per heavy atom. The van der Waals surface area contributed by atoms with Crippen LogP contribution in [-0.2, 0) is 24.4 Å². The zero-order valence-electron chi connectivity index (χ0n) is 48.0. The van der Waals surface area contributed by atoms with Gasteiger partial charge >= 0.3 is 18.0 Å². The standard InChI is InChI=1S/C34H29N7O4.C31H32N8O3/c1-21-38-29-31(41(21)19-22-9-4-2-5-10-22)39-34(40-32(29)44-26-14-8-13-25(35)18-26)45-28-17-24(30(36)37)15-16-27(28)33(42)43-20-23-11-6-3-7-12-23;1-4-38(5-2)30(40)24-15-14-21(27(33)34)16-25(24)42-31-36-28-26(29(37-31)41-23-13-9-12-22(32)17-23)35-19(3)39(28)18-20-10-7-6-8-11-20/h2-18H,19-20,35H2,1H3,(H3,36,37);6-17H,4-5,18,32H2,1-3H3,(H3,33,34). The summed E-state index contributed by atoms with van der Waals surface area (Å²) in [5.74, 6) is 1.57. The van der Waals surface area contributed by atoms with Crippen LogP contribution in [0.1, 0.15) is 74.0 Å². The Morgan fingerprint density at radius 2 is 0.920 bits per heavy atom. The van der Waals surface area contributed by atoms with Crippen LogP contribution >= 0.6 is 0 Å². The average Bonchev–Trinajstić information content (AvgIpc) is 2.39. The van der Waals surface area contributed by atoms with E-state index in [0.29, 0.717) is 99.7 Å². The maximum atomic E-state index is 13.4. The lowest BCUT2D eigenvalue weighted by Gasteiger charge is -2.20. The molecule has 7 aromatic carbocycles. The van der Waals surface area contributed by atoms with E-state index in [2.05, 4.69) is 9.97 Å². The number of nitrogens with one attached hydrogen (secondary N) is 2. The molecule has 0 spiro atoms. The Balaban J connectivity index is 0.000000193. The number of ether oxygens (including phenoxy) is 5. The fourth-order valence-electron chi connectivity index (χ4n) is 9.23. The Labute approximate surface area is 500 Å². The number of esters is 1. The molecule has 4 heterocycles. The van der Waals surface area contributed by atoms with E-state index in [4.69, 9.17) is 77.4 Å². The number of carbonyl (C=O) groups is 2. The molecule has 0 atom stereocenters. The number of amides is 1. The van der Waals surface area contributed by atoms with Gasteiger partial charge in [0.15, 0.2) is 22.3 Å². The maximum Gasteiger partial charge on any atom is 0.342 e. The summed E-state index contributed by atoms with van der Waals surface area (Å²) in [5.41, 5.74) is 30.4. The number of hydrogen-bond donors (Lipinski definition) is 6. The molecule has 0 saturated heterocycles. The van der Waals surface area contributed by atoms with Gasteiger partial charge in [0, 0.05) is 47.7 Å². The minimum absolute atomic E-state index is 0.0564. The van der Waals surface area contributed by atoms with Crippen LogP contribution in [0.25, 0.3) is 22.3 Å². The van der Waals surface area contributed by atoms with Crippen LogP contribution in [-0.4, -0.2) is 80.6 Å². The number of nitrogens with zero attached hydrogens (tertiary/aromatic N) is 9. The Bertz CT molecular complexity index is 4330. The lowest BCUT2D eigenvalue weighted by atomic mass is 10.1. The molecule has 1 amide bonds. The summed E-state index contributed by atoms with van der Waals surface area (Å²) in [7, 11) is 0. The number of amidine groups is 2. The summed E-state index contributed by atoms with van der Waals surface area (Å²) in [6.07, 6.45) is 0. The van der Waals surface area contributed by atoms with Gasteiger partial charge in [0.1, 0.15) is 58.5 Å². The van der Waals surface area contributed by atoms with E-state index in [-0.39, 0.29) is 65.0 Å². The molecule has 0 unspecified atom stereocenters. The van der Waals surface area contributed by atoms with Gasteiger partial charge in [-0.05, 0) is 92.9 Å². The van der Waals surface area contributed by atoms with Crippen molar-refractivity contribution in [3.63, 3.8) is 0 Å². The van der Waals surface area contributed by atoms with Crippen LogP contribution < -0.4 is 41.9 Å². The van der Waals surface area contributed by atoms with Gasteiger partial charge in [-0.1, -0.05) is 115 Å². The minimum atomic E-state index is -0.633. The van der Waals surface area contributed by atoms with Crippen LogP contribution in [0.5, 0.6) is 46.8 Å². The monoisotopic (exact) mass is 1160 g/mol. The van der Waals surface area contributed by atoms with Crippen molar-refractivity contribution in [3.8, 4) is 46.8 Å². The number of carbonyl (C=O) groups excluding carboxylic acids is 2. The van der Waals surface area contributed by atoms with Gasteiger partial charge in [0.2, 0.25) is 0 Å². The topological polar surface area (TPSA) is 323 Å². The number of aromatic nitrogens is 8. The molecule has 0 radical (unpaired) electrons. The second kappa shape index (κ2) is 26.3. The molecule has 0 saturated carbocycles. The minimum Gasteiger partial charge on any atom is -0.457 e. The molecule has 22 heteroatoms. The fraction of sp³-hybridized carbons (Fsp3) is 0.138. The third-order valence-electron chi connectivity index (χ3n) is 13.7. The first kappa shape index (κ1) is 58.5. The number of aryl methyl sites for hydroxylation is 2. The number of anilines is 2. The van der Waals surface area contributed by atoms with Gasteiger partial charge in [-0.25, -0.2) is 14.8 Å². The van der Waals surface area contributed by atoms with Crippen LogP contribution in [0.2, 0.25) is 0 Å². The third-order valence-corrected chi connectivity index (χ3v) is 13.7. The second-order valence-electron chi connectivity index (χ2n) is 19.8. The first-order valence-electron chi connectivity index (χ1n) is 27.6. The smallest absolute Gasteiger partial charge is 0.342 e. The van der Waals surface area contributed by atoms with E-state index < -0.39 is 5.97 Å². The van der Waals surface area contributed by atoms with Crippen LogP contribution in [0.15, 0.2) is 176 Å². The lowest BCUT2D eigenvalue weighted by Crippen LogP contribution is -2.30. The van der Waals surface area contributed by atoms with Crippen molar-refractivity contribution in [2.24, 2.45) is 11.5 Å². The van der Waals surface area contributed by atoms with Crippen LogP contribution in [0.3, 0.4) is 0 Å². The molecule has 0 aliphatic rings. The lowest BCUT2D eigenvalue weighted by molar-refractivity contribution is 0.0469. The highest BCUT2D eigenvalue weighted by atomic mass is 16.5. The summed E-state index contributed by atoms with van der Waals surface area (Å²) < 4.78 is 34.2. The number of imidazole rings is 2. The zero-order valence-corrected chi connectivity index (χ0v) is 48.0. The number of hydrogen-bond acceptors (Lipinski definition) is 17. The summed E-state index contributed by atoms with van der Waals surface area (Å²) in [6, 6.07) is 52.1. The Morgan fingerprint density at radius 3 is 1.34 bits per heavy atom. The van der Waals surface area contributed by atoms with Gasteiger partial charge in [0.25, 0.3) is 17.7 Å². The summed E-state index contributed by atoms with van der Waals surface area (Å²) in [5, 5.41) is 15.9. The van der Waals surface area contributed by atoms with E-state index >= 15 is 0 Å². The van der Waals surface area contributed by atoms with E-state index in [0.717, 1.165) is 16.7 Å². The van der Waals surface area contributed by atoms with Gasteiger partial charge in [-0.2, -0.15) is 19.9 Å². The van der Waals surface area contributed by atoms with Crippen molar-refractivity contribution in [2.45, 2.75) is 47.4 Å². The quantitative estimate of drug-likeness (QED) is 0.0179. The number of rotatable bonds is 20. The number of nitrogen functional groups attached to an aromatic ring is 4. The van der Waals surface area contributed by atoms with E-state index in [9.17, 15) is 9.59 Å². The van der Waals surface area contributed by atoms with E-state index in [1.165, 1.54) is 18.2 Å². The zero-order chi connectivity index (χ0) is 61.1. The van der Waals surface area contributed by atoms with Crippen molar-refractivity contribution in [2.75, 3.05) is 24.6 Å². The second-order valence-corrected chi connectivity index (χ2v) is 19.8. The van der Waals surface area contributed by atoms with Crippen molar-refractivity contribution >= 4 is 57.3 Å². The van der Waals surface area contributed by atoms with Crippen molar-refractivity contribution in [1.82, 2.24) is 43.9 Å². The predicted molar refractivity (Wildman–Crippen MR) is 331 cm³/mol. The highest BCUT2D eigenvalue weighted by Crippen LogP contribution is 2.36. The molecular weight excluding hydrogens is 1100 g/mol. The third kappa shape index (κ3) is 13.9. The summed E-state index contributed by atoms with van der Waals surface area (Å²) >= 11 is 0. The first-order valence-corrected chi connectivity index (χ1v) is 27.6. The number of fused-ring (bicyclic) bond motifs is 2. The van der Waals surface area contributed by atoms with Crippen molar-refractivity contribution in [1.29, 1.82) is 10.8 Å². The molecule has 87 heavy (non-hydrogen) atoms. The highest BCUT2D eigenvalue weighted by molar-refractivity contribution is 6.01. The SMILES string of the molecule is CCN(CC)C(=O)c1ccc(C(=N)N)cc1Oc1nc(Oc2cccc(N)c2)c2nc(C)n(Cc3ccccc3)c2n1.Cc1nc2c(Oc3cccc(N)c3)nc(Oc3cc(C(=N)N)ccc3C(=O)OCc3ccccc3)nc2n1Cc1ccccc1. The molecule has 438 valence electrons. The highest BCUT2D eigenvalue weighted by Gasteiger charge is 2.26. The fourth-order valence-corrected chi connectivity index (χ4v) is 9.23. The predicted octanol–water partition coefficient (Wildman–Crippen LogP) is 11.1. The molecule has 10 N–H and O–H groups in total. The largest absolute Gasteiger partial charge is 0.457 e. The van der Waals surface area contributed by atoms with Gasteiger partial charge in [-0.15, -0.1) is 0 Å².